The molecule has 1 aliphatic rings. The van der Waals surface area contributed by atoms with Crippen LogP contribution in [0.25, 0.3) is 0 Å². The van der Waals surface area contributed by atoms with Gasteiger partial charge in [0.05, 0.1) is 10.6 Å². The molecule has 3 nitrogen and oxygen atoms in total. The van der Waals surface area contributed by atoms with Crippen molar-refractivity contribution < 1.29 is 4.79 Å². The van der Waals surface area contributed by atoms with Gasteiger partial charge in [0, 0.05) is 11.4 Å². The Morgan fingerprint density at radius 3 is 2.60 bits per heavy atom. The lowest BCUT2D eigenvalue weighted by Gasteiger charge is -2.33. The Balaban J connectivity index is 1.74. The van der Waals surface area contributed by atoms with E-state index in [2.05, 4.69) is 57.3 Å². The van der Waals surface area contributed by atoms with Gasteiger partial charge in [-0.15, -0.1) is 11.3 Å². The number of fused-ring (bicyclic) bond motifs is 1. The van der Waals surface area contributed by atoms with Gasteiger partial charge in [0.25, 0.3) is 5.91 Å². The lowest BCUT2D eigenvalue weighted by atomic mass is 9.72. The van der Waals surface area contributed by atoms with Crippen molar-refractivity contribution >= 4 is 22.2 Å². The van der Waals surface area contributed by atoms with Crippen molar-refractivity contribution in [1.82, 2.24) is 5.32 Å². The van der Waals surface area contributed by atoms with Crippen LogP contribution in [0.5, 0.6) is 0 Å². The topological polar surface area (TPSA) is 55.1 Å². The van der Waals surface area contributed by atoms with E-state index in [1.807, 2.05) is 0 Å². The van der Waals surface area contributed by atoms with Crippen LogP contribution < -0.4 is 11.1 Å². The molecule has 3 rings (SSSR count). The number of nitrogens with two attached hydrogens (primary N) is 1. The highest BCUT2D eigenvalue weighted by Gasteiger charge is 2.33. The molecule has 2 aromatic rings. The molecule has 3 N–H and O–H groups in total. The van der Waals surface area contributed by atoms with Gasteiger partial charge < -0.3 is 11.1 Å². The lowest BCUT2D eigenvalue weighted by Crippen LogP contribution is -2.28. The molecule has 1 aromatic heterocycles. The number of benzene rings is 1. The normalized spacial score (nSPS) is 17.2. The second-order valence-corrected chi connectivity index (χ2v) is 9.35. The van der Waals surface area contributed by atoms with Crippen LogP contribution in [0.15, 0.2) is 24.3 Å². The minimum atomic E-state index is -0.0372. The maximum atomic E-state index is 12.7. The number of thiophene rings is 1. The molecule has 0 fully saturated rings. The SMILES string of the molecule is Cc1ccc(CNC(=O)c2c(N)sc3c2CCC(C(C)(C)C)C3)cc1. The summed E-state index contributed by atoms with van der Waals surface area (Å²) in [7, 11) is 0. The number of carbonyl (C=O) groups is 1. The number of nitrogens with one attached hydrogen (secondary N) is 1. The Bertz CT molecular complexity index is 768. The van der Waals surface area contributed by atoms with Gasteiger partial charge in [-0.05, 0) is 48.6 Å². The van der Waals surface area contributed by atoms with E-state index in [1.165, 1.54) is 16.0 Å². The van der Waals surface area contributed by atoms with Gasteiger partial charge in [-0.25, -0.2) is 0 Å². The second kappa shape index (κ2) is 6.83. The van der Waals surface area contributed by atoms with Gasteiger partial charge in [-0.1, -0.05) is 50.6 Å². The molecular formula is C21H28N2OS. The number of amides is 1. The van der Waals surface area contributed by atoms with Gasteiger partial charge in [-0.3, -0.25) is 4.79 Å². The third-order valence-corrected chi connectivity index (χ3v) is 6.40. The summed E-state index contributed by atoms with van der Waals surface area (Å²) in [4.78, 5) is 14.0. The molecule has 0 saturated carbocycles. The summed E-state index contributed by atoms with van der Waals surface area (Å²) in [5, 5.41) is 3.71. The van der Waals surface area contributed by atoms with E-state index >= 15 is 0 Å². The van der Waals surface area contributed by atoms with Gasteiger partial charge in [0.15, 0.2) is 0 Å². The smallest absolute Gasteiger partial charge is 0.254 e. The third-order valence-electron chi connectivity index (χ3n) is 5.32. The fraction of sp³-hybridized carbons (Fsp3) is 0.476. The highest BCUT2D eigenvalue weighted by atomic mass is 32.1. The fourth-order valence-electron chi connectivity index (χ4n) is 3.57. The average molecular weight is 357 g/mol. The minimum absolute atomic E-state index is 0.0372. The van der Waals surface area contributed by atoms with Crippen LogP contribution in [0.3, 0.4) is 0 Å². The molecule has 0 radical (unpaired) electrons. The van der Waals surface area contributed by atoms with Gasteiger partial charge in [0.2, 0.25) is 0 Å². The zero-order valence-corrected chi connectivity index (χ0v) is 16.4. The van der Waals surface area contributed by atoms with Crippen molar-refractivity contribution in [3.05, 3.63) is 51.4 Å². The van der Waals surface area contributed by atoms with Crippen LogP contribution >= 0.6 is 11.3 Å². The molecule has 1 aliphatic carbocycles. The number of carbonyl (C=O) groups excluding carboxylic acids is 1. The summed E-state index contributed by atoms with van der Waals surface area (Å²) >= 11 is 1.61. The van der Waals surface area contributed by atoms with Crippen molar-refractivity contribution in [3.8, 4) is 0 Å². The first-order valence-corrected chi connectivity index (χ1v) is 9.81. The number of aryl methyl sites for hydroxylation is 1. The highest BCUT2D eigenvalue weighted by molar-refractivity contribution is 7.16. The zero-order chi connectivity index (χ0) is 18.2. The van der Waals surface area contributed by atoms with Gasteiger partial charge >= 0.3 is 0 Å². The van der Waals surface area contributed by atoms with Crippen molar-refractivity contribution in [3.63, 3.8) is 0 Å². The van der Waals surface area contributed by atoms with Crippen molar-refractivity contribution in [2.75, 3.05) is 5.73 Å². The van der Waals surface area contributed by atoms with Gasteiger partial charge in [-0.2, -0.15) is 0 Å². The molecule has 1 atom stereocenters. The molecule has 1 aromatic carbocycles. The molecular weight excluding hydrogens is 328 g/mol. The number of nitrogen functional groups attached to an aromatic ring is 1. The van der Waals surface area contributed by atoms with E-state index in [0.29, 0.717) is 22.9 Å². The molecule has 0 spiro atoms. The van der Waals surface area contributed by atoms with Crippen molar-refractivity contribution in [1.29, 1.82) is 0 Å². The largest absolute Gasteiger partial charge is 0.390 e. The molecule has 0 aliphatic heterocycles. The molecule has 0 bridgehead atoms. The predicted molar refractivity (Wildman–Crippen MR) is 106 cm³/mol. The maximum absolute atomic E-state index is 12.7. The number of hydrogen-bond acceptors (Lipinski definition) is 3. The quantitative estimate of drug-likeness (QED) is 0.836. The molecule has 1 unspecified atom stereocenters. The predicted octanol–water partition coefficient (Wildman–Crippen LogP) is 4.72. The van der Waals surface area contributed by atoms with E-state index in [1.54, 1.807) is 11.3 Å². The summed E-state index contributed by atoms with van der Waals surface area (Å²) in [6.45, 7) is 9.50. The maximum Gasteiger partial charge on any atom is 0.254 e. The van der Waals surface area contributed by atoms with Crippen molar-refractivity contribution in [2.45, 2.75) is 53.5 Å². The molecule has 0 saturated heterocycles. The lowest BCUT2D eigenvalue weighted by molar-refractivity contribution is 0.0950. The van der Waals surface area contributed by atoms with Crippen LogP contribution in [-0.2, 0) is 19.4 Å². The second-order valence-electron chi connectivity index (χ2n) is 8.22. The Hall–Kier alpha value is -1.81. The zero-order valence-electron chi connectivity index (χ0n) is 15.6. The van der Waals surface area contributed by atoms with E-state index < -0.39 is 0 Å². The van der Waals surface area contributed by atoms with E-state index in [0.717, 1.165) is 30.4 Å². The Labute approximate surface area is 154 Å². The first kappa shape index (κ1) is 18.0. The van der Waals surface area contributed by atoms with Crippen LogP contribution in [0.4, 0.5) is 5.00 Å². The van der Waals surface area contributed by atoms with Crippen LogP contribution in [0.2, 0.25) is 0 Å². The molecule has 1 amide bonds. The monoisotopic (exact) mass is 356 g/mol. The molecule has 25 heavy (non-hydrogen) atoms. The average Bonchev–Trinajstić information content (AvgIpc) is 2.88. The van der Waals surface area contributed by atoms with E-state index in [9.17, 15) is 4.79 Å². The summed E-state index contributed by atoms with van der Waals surface area (Å²) in [5.74, 6) is 0.617. The number of rotatable bonds is 3. The van der Waals surface area contributed by atoms with Crippen molar-refractivity contribution in [2.24, 2.45) is 11.3 Å². The molecule has 134 valence electrons. The third kappa shape index (κ3) is 3.90. The first-order chi connectivity index (χ1) is 11.8. The van der Waals surface area contributed by atoms with Crippen LogP contribution in [-0.4, -0.2) is 5.91 Å². The number of anilines is 1. The first-order valence-electron chi connectivity index (χ1n) is 8.99. The highest BCUT2D eigenvalue weighted by Crippen LogP contribution is 2.43. The summed E-state index contributed by atoms with van der Waals surface area (Å²) in [6.07, 6.45) is 3.13. The Kier molecular flexibility index (Phi) is 4.92. The van der Waals surface area contributed by atoms with E-state index in [-0.39, 0.29) is 5.91 Å². The fourth-order valence-corrected chi connectivity index (χ4v) is 4.77. The molecule has 1 heterocycles. The standard InChI is InChI=1S/C21H28N2OS/c1-13-5-7-14(8-6-13)12-23-20(24)18-16-10-9-15(21(2,3)4)11-17(16)25-19(18)22/h5-8,15H,9-12,22H2,1-4H3,(H,23,24). The summed E-state index contributed by atoms with van der Waals surface area (Å²) < 4.78 is 0. The summed E-state index contributed by atoms with van der Waals surface area (Å²) in [6, 6.07) is 8.23. The summed E-state index contributed by atoms with van der Waals surface area (Å²) in [5.41, 5.74) is 10.8. The minimum Gasteiger partial charge on any atom is -0.390 e. The van der Waals surface area contributed by atoms with E-state index in [4.69, 9.17) is 5.73 Å². The van der Waals surface area contributed by atoms with Crippen LogP contribution in [0.1, 0.15) is 59.1 Å². The Morgan fingerprint density at radius 1 is 1.28 bits per heavy atom. The van der Waals surface area contributed by atoms with Crippen LogP contribution in [0, 0.1) is 18.3 Å². The molecule has 4 heteroatoms. The Morgan fingerprint density at radius 2 is 1.96 bits per heavy atom. The number of hydrogen-bond donors (Lipinski definition) is 2. The van der Waals surface area contributed by atoms with Gasteiger partial charge in [0.1, 0.15) is 0 Å².